The Bertz CT molecular complexity index is 365. The Morgan fingerprint density at radius 2 is 2.44 bits per heavy atom. The summed E-state index contributed by atoms with van der Waals surface area (Å²) in [5.74, 6) is 2.63. The molecule has 2 saturated heterocycles. The maximum Gasteiger partial charge on any atom is 0.243 e. The molecule has 3 atom stereocenters. The van der Waals surface area contributed by atoms with Crippen molar-refractivity contribution in [3.8, 4) is 0 Å². The largest absolute Gasteiger partial charge is 0.392 e. The van der Waals surface area contributed by atoms with Gasteiger partial charge in [-0.05, 0) is 25.0 Å². The smallest absolute Gasteiger partial charge is 0.243 e. The van der Waals surface area contributed by atoms with Crippen LogP contribution in [0.15, 0.2) is 4.52 Å². The number of aliphatic hydroxyl groups excluding tert-OH is 1. The summed E-state index contributed by atoms with van der Waals surface area (Å²) in [6.07, 6.45) is 2.75. The van der Waals surface area contributed by atoms with Crippen molar-refractivity contribution in [2.45, 2.75) is 36.7 Å². The molecule has 5 nitrogen and oxygen atoms in total. The Kier molecular flexibility index (Phi) is 2.87. The lowest BCUT2D eigenvalue weighted by Gasteiger charge is -2.02. The van der Waals surface area contributed by atoms with Gasteiger partial charge >= 0.3 is 0 Å². The topological polar surface area (TPSA) is 71.2 Å². The second kappa shape index (κ2) is 4.35. The molecule has 2 aliphatic rings. The average Bonchev–Trinajstić information content (AvgIpc) is 2.97. The molecule has 0 spiro atoms. The number of aliphatic hydroxyl groups is 1. The summed E-state index contributed by atoms with van der Waals surface area (Å²) < 4.78 is 5.26. The molecule has 2 N–H and O–H groups in total. The highest BCUT2D eigenvalue weighted by molar-refractivity contribution is 7.99. The molecule has 0 aromatic carbocycles. The van der Waals surface area contributed by atoms with Crippen LogP contribution in [-0.4, -0.2) is 33.6 Å². The molecule has 1 aromatic rings. The number of nitrogens with one attached hydrogen (secondary N) is 1. The van der Waals surface area contributed by atoms with E-state index in [1.165, 1.54) is 12.2 Å². The van der Waals surface area contributed by atoms with Gasteiger partial charge in [-0.1, -0.05) is 5.16 Å². The van der Waals surface area contributed by atoms with E-state index in [2.05, 4.69) is 15.5 Å². The van der Waals surface area contributed by atoms with E-state index in [0.717, 1.165) is 12.2 Å². The number of hydrogen-bond acceptors (Lipinski definition) is 6. The molecule has 2 fully saturated rings. The molecule has 3 rings (SSSR count). The van der Waals surface area contributed by atoms with Gasteiger partial charge in [-0.15, -0.1) is 0 Å². The number of β-amino-alcohol motifs (C(OH)–C–C–N with tert-alkyl or cyclic N) is 1. The first-order valence-corrected chi connectivity index (χ1v) is 6.74. The van der Waals surface area contributed by atoms with Gasteiger partial charge in [-0.3, -0.25) is 0 Å². The summed E-state index contributed by atoms with van der Waals surface area (Å²) in [7, 11) is 0. The second-order valence-corrected chi connectivity index (χ2v) is 5.65. The maximum absolute atomic E-state index is 9.42. The van der Waals surface area contributed by atoms with E-state index >= 15 is 0 Å². The van der Waals surface area contributed by atoms with Crippen molar-refractivity contribution < 1.29 is 9.63 Å². The summed E-state index contributed by atoms with van der Waals surface area (Å²) in [5.41, 5.74) is 0. The first-order valence-electron chi connectivity index (χ1n) is 5.69. The van der Waals surface area contributed by atoms with Crippen molar-refractivity contribution in [1.29, 1.82) is 0 Å². The molecule has 0 radical (unpaired) electrons. The Morgan fingerprint density at radius 3 is 3.12 bits per heavy atom. The lowest BCUT2D eigenvalue weighted by molar-refractivity contribution is 0.191. The fourth-order valence-electron chi connectivity index (χ4n) is 2.21. The van der Waals surface area contributed by atoms with Gasteiger partial charge in [0.2, 0.25) is 5.89 Å². The summed E-state index contributed by atoms with van der Waals surface area (Å²) in [6.45, 7) is 0.612. The van der Waals surface area contributed by atoms with E-state index in [9.17, 15) is 5.11 Å². The zero-order chi connectivity index (χ0) is 11.0. The predicted molar refractivity (Wildman–Crippen MR) is 60.1 cm³/mol. The van der Waals surface area contributed by atoms with Crippen LogP contribution in [0.3, 0.4) is 0 Å². The Balaban J connectivity index is 1.72. The lowest BCUT2D eigenvalue weighted by Crippen LogP contribution is -2.15. The van der Waals surface area contributed by atoms with Gasteiger partial charge in [0.25, 0.3) is 0 Å². The number of thioether (sulfide) groups is 1. The highest BCUT2D eigenvalue weighted by atomic mass is 32.2. The van der Waals surface area contributed by atoms with E-state index in [1.807, 2.05) is 11.8 Å². The molecular formula is C10H15N3O2S. The number of hydrogen-bond donors (Lipinski definition) is 2. The quantitative estimate of drug-likeness (QED) is 0.806. The normalized spacial score (nSPS) is 34.7. The highest BCUT2D eigenvalue weighted by Crippen LogP contribution is 2.38. The molecule has 0 saturated carbocycles. The van der Waals surface area contributed by atoms with Crippen LogP contribution in [0.2, 0.25) is 0 Å². The molecule has 6 heteroatoms. The second-order valence-electron chi connectivity index (χ2n) is 4.34. The number of aromatic nitrogens is 2. The predicted octanol–water partition coefficient (Wildman–Crippen LogP) is 1.03. The lowest BCUT2D eigenvalue weighted by atomic mass is 10.2. The van der Waals surface area contributed by atoms with Crippen LogP contribution in [0.4, 0.5) is 0 Å². The monoisotopic (exact) mass is 241 g/mol. The van der Waals surface area contributed by atoms with Gasteiger partial charge < -0.3 is 14.9 Å². The Hall–Kier alpha value is -0.590. The summed E-state index contributed by atoms with van der Waals surface area (Å²) >= 11 is 1.90. The van der Waals surface area contributed by atoms with Gasteiger partial charge in [0.1, 0.15) is 0 Å². The Labute approximate surface area is 98.0 Å². The molecule has 2 aliphatic heterocycles. The van der Waals surface area contributed by atoms with Crippen LogP contribution in [0.1, 0.15) is 42.3 Å². The van der Waals surface area contributed by atoms with Crippen LogP contribution >= 0.6 is 11.8 Å². The number of nitrogens with zero attached hydrogens (tertiary/aromatic N) is 2. The van der Waals surface area contributed by atoms with Crippen LogP contribution in [0.25, 0.3) is 0 Å². The minimum Gasteiger partial charge on any atom is -0.392 e. The fourth-order valence-corrected chi connectivity index (χ4v) is 3.40. The third kappa shape index (κ3) is 1.97. The molecule has 0 amide bonds. The van der Waals surface area contributed by atoms with Gasteiger partial charge in [-0.25, -0.2) is 0 Å². The Morgan fingerprint density at radius 1 is 1.50 bits per heavy atom. The first kappa shape index (κ1) is 10.6. The molecule has 3 heterocycles. The van der Waals surface area contributed by atoms with Crippen molar-refractivity contribution in [3.05, 3.63) is 11.7 Å². The average molecular weight is 241 g/mol. The van der Waals surface area contributed by atoms with Crippen molar-refractivity contribution in [2.24, 2.45) is 0 Å². The minimum absolute atomic E-state index is 0.0302. The maximum atomic E-state index is 9.42. The van der Waals surface area contributed by atoms with Crippen molar-refractivity contribution in [2.75, 3.05) is 12.3 Å². The third-order valence-electron chi connectivity index (χ3n) is 3.08. The van der Waals surface area contributed by atoms with E-state index in [-0.39, 0.29) is 12.1 Å². The van der Waals surface area contributed by atoms with Crippen molar-refractivity contribution in [3.63, 3.8) is 0 Å². The van der Waals surface area contributed by atoms with Crippen molar-refractivity contribution in [1.82, 2.24) is 15.5 Å². The SMILES string of the molecule is OC1CN[C@H](c2nc(C3CCCS3)no2)C1. The fraction of sp³-hybridized carbons (Fsp3) is 0.800. The van der Waals surface area contributed by atoms with Gasteiger partial charge in [-0.2, -0.15) is 16.7 Å². The van der Waals surface area contributed by atoms with E-state index in [4.69, 9.17) is 4.52 Å². The number of rotatable bonds is 2. The first-order chi connectivity index (χ1) is 7.83. The molecule has 0 aliphatic carbocycles. The van der Waals surface area contributed by atoms with Crippen LogP contribution in [-0.2, 0) is 0 Å². The zero-order valence-electron chi connectivity index (χ0n) is 8.93. The highest BCUT2D eigenvalue weighted by Gasteiger charge is 2.30. The standard InChI is InChI=1S/C10H15N3O2S/c14-6-4-7(11-5-6)10-12-9(13-15-10)8-2-1-3-16-8/h6-8,11,14H,1-5H2/t6?,7-,8?/m0/s1. The minimum atomic E-state index is -0.291. The van der Waals surface area contributed by atoms with Crippen LogP contribution in [0, 0.1) is 0 Å². The van der Waals surface area contributed by atoms with Gasteiger partial charge in [0, 0.05) is 6.54 Å². The molecule has 88 valence electrons. The summed E-state index contributed by atoms with van der Waals surface area (Å²) in [6, 6.07) is 0.0302. The third-order valence-corrected chi connectivity index (χ3v) is 4.45. The summed E-state index contributed by atoms with van der Waals surface area (Å²) in [5, 5.41) is 17.0. The van der Waals surface area contributed by atoms with Gasteiger partial charge in [0.05, 0.1) is 17.4 Å². The van der Waals surface area contributed by atoms with Crippen LogP contribution in [0.5, 0.6) is 0 Å². The molecule has 2 unspecified atom stereocenters. The zero-order valence-corrected chi connectivity index (χ0v) is 9.74. The van der Waals surface area contributed by atoms with E-state index in [0.29, 0.717) is 24.1 Å². The van der Waals surface area contributed by atoms with Gasteiger partial charge in [0.15, 0.2) is 5.82 Å². The molecule has 1 aromatic heterocycles. The molecular weight excluding hydrogens is 226 g/mol. The molecule has 0 bridgehead atoms. The van der Waals surface area contributed by atoms with Crippen molar-refractivity contribution >= 4 is 11.8 Å². The van der Waals surface area contributed by atoms with Crippen LogP contribution < -0.4 is 5.32 Å². The van der Waals surface area contributed by atoms with E-state index in [1.54, 1.807) is 0 Å². The summed E-state index contributed by atoms with van der Waals surface area (Å²) in [4.78, 5) is 4.44. The van der Waals surface area contributed by atoms with E-state index < -0.39 is 0 Å². The molecule has 16 heavy (non-hydrogen) atoms.